The minimum absolute atomic E-state index is 0.200. The van der Waals surface area contributed by atoms with Crippen LogP contribution in [0.4, 0.5) is 0 Å². The zero-order chi connectivity index (χ0) is 18.5. The first-order valence-electron chi connectivity index (χ1n) is 8.09. The highest BCUT2D eigenvalue weighted by molar-refractivity contribution is 9.10. The maximum atomic E-state index is 12.5. The smallest absolute Gasteiger partial charge is 0.253 e. The zero-order valence-electron chi connectivity index (χ0n) is 14.1. The van der Waals surface area contributed by atoms with Crippen LogP contribution in [0.2, 0.25) is 0 Å². The number of hydrogen-bond donors (Lipinski definition) is 2. The summed E-state index contributed by atoms with van der Waals surface area (Å²) < 4.78 is 5.96. The number of ether oxygens (including phenoxy) is 1. The third-order valence-electron chi connectivity index (χ3n) is 4.26. The molecule has 1 heterocycles. The fraction of sp³-hybridized carbons (Fsp3) is 0.211. The van der Waals surface area contributed by atoms with Crippen molar-refractivity contribution in [2.75, 3.05) is 13.7 Å². The summed E-state index contributed by atoms with van der Waals surface area (Å²) in [6.07, 6.45) is 1.52. The Kier molecular flexibility index (Phi) is 5.68. The van der Waals surface area contributed by atoms with Gasteiger partial charge in [0.2, 0.25) is 5.91 Å². The molecule has 0 radical (unpaired) electrons. The first kappa shape index (κ1) is 18.1. The van der Waals surface area contributed by atoms with Crippen molar-refractivity contribution in [3.05, 3.63) is 64.1 Å². The van der Waals surface area contributed by atoms with E-state index in [0.29, 0.717) is 12.3 Å². The Balaban J connectivity index is 1.68. The van der Waals surface area contributed by atoms with Crippen LogP contribution in [0, 0.1) is 5.92 Å². The van der Waals surface area contributed by atoms with Crippen LogP contribution in [0.5, 0.6) is 5.75 Å². The first-order valence-corrected chi connectivity index (χ1v) is 8.88. The number of benzene rings is 2. The molecule has 2 aromatic carbocycles. The number of hydrazone groups is 1. The quantitative estimate of drug-likeness (QED) is 0.447. The maximum absolute atomic E-state index is 12.5. The van der Waals surface area contributed by atoms with E-state index in [1.807, 2.05) is 42.5 Å². The molecule has 2 N–H and O–H groups in total. The van der Waals surface area contributed by atoms with Gasteiger partial charge in [-0.15, -0.1) is 0 Å². The largest absolute Gasteiger partial charge is 0.496 e. The molecule has 0 aromatic heterocycles. The number of nitrogens with one attached hydrogen (secondary N) is 2. The fourth-order valence-electron chi connectivity index (χ4n) is 2.94. The number of hydrogen-bond acceptors (Lipinski definition) is 4. The van der Waals surface area contributed by atoms with E-state index in [-0.39, 0.29) is 11.8 Å². The molecule has 1 aliphatic heterocycles. The molecule has 7 heteroatoms. The van der Waals surface area contributed by atoms with Crippen molar-refractivity contribution >= 4 is 34.0 Å². The third kappa shape index (κ3) is 3.94. The molecule has 2 aromatic rings. The second-order valence-electron chi connectivity index (χ2n) is 5.87. The molecule has 0 spiro atoms. The van der Waals surface area contributed by atoms with E-state index >= 15 is 0 Å². The minimum Gasteiger partial charge on any atom is -0.496 e. The van der Waals surface area contributed by atoms with Gasteiger partial charge in [-0.25, -0.2) is 5.43 Å². The van der Waals surface area contributed by atoms with Gasteiger partial charge >= 0.3 is 0 Å². The molecule has 3 rings (SSSR count). The van der Waals surface area contributed by atoms with Crippen LogP contribution in [0.1, 0.15) is 17.0 Å². The van der Waals surface area contributed by atoms with Gasteiger partial charge in [0.1, 0.15) is 11.7 Å². The van der Waals surface area contributed by atoms with Gasteiger partial charge in [0, 0.05) is 12.5 Å². The fourth-order valence-corrected chi connectivity index (χ4v) is 3.49. The van der Waals surface area contributed by atoms with Crippen molar-refractivity contribution < 1.29 is 14.3 Å². The van der Waals surface area contributed by atoms with Crippen LogP contribution in [0.3, 0.4) is 0 Å². The van der Waals surface area contributed by atoms with Crippen molar-refractivity contribution in [3.8, 4) is 5.75 Å². The van der Waals surface area contributed by atoms with Crippen molar-refractivity contribution in [2.45, 2.75) is 5.92 Å². The second-order valence-corrected chi connectivity index (χ2v) is 6.72. The van der Waals surface area contributed by atoms with Crippen LogP contribution in [0.15, 0.2) is 58.1 Å². The lowest BCUT2D eigenvalue weighted by molar-refractivity contribution is -0.133. The van der Waals surface area contributed by atoms with Crippen LogP contribution in [0.25, 0.3) is 0 Å². The Morgan fingerprint density at radius 3 is 2.77 bits per heavy atom. The minimum atomic E-state index is -0.794. The van der Waals surface area contributed by atoms with E-state index in [0.717, 1.165) is 15.6 Å². The summed E-state index contributed by atoms with van der Waals surface area (Å²) in [6.45, 7) is 0.441. The Morgan fingerprint density at radius 1 is 1.31 bits per heavy atom. The molecule has 1 aliphatic rings. The standard InChI is InChI=1S/C19H18BrN3O3/c1-26-16-8-7-12(9-15(16)20)10-22-23-19(25)17-14(11-21-18(17)24)13-5-3-2-4-6-13/h2-10,14,17H,11H2,1H3,(H,21,24)(H,23,25)/b22-10+. The number of methoxy groups -OCH3 is 1. The molecule has 2 unspecified atom stereocenters. The van der Waals surface area contributed by atoms with E-state index in [4.69, 9.17) is 4.74 Å². The summed E-state index contributed by atoms with van der Waals surface area (Å²) in [5.41, 5.74) is 4.21. The predicted molar refractivity (Wildman–Crippen MR) is 102 cm³/mol. The highest BCUT2D eigenvalue weighted by atomic mass is 79.9. The lowest BCUT2D eigenvalue weighted by atomic mass is 9.88. The summed E-state index contributed by atoms with van der Waals surface area (Å²) >= 11 is 3.40. The van der Waals surface area contributed by atoms with Crippen LogP contribution in [-0.4, -0.2) is 31.7 Å². The topological polar surface area (TPSA) is 79.8 Å². The molecule has 0 saturated carbocycles. The van der Waals surface area contributed by atoms with Crippen molar-refractivity contribution in [1.29, 1.82) is 0 Å². The average molecular weight is 416 g/mol. The van der Waals surface area contributed by atoms with Gasteiger partial charge in [-0.05, 0) is 45.3 Å². The number of rotatable bonds is 5. The van der Waals surface area contributed by atoms with Gasteiger partial charge in [-0.2, -0.15) is 5.10 Å². The van der Waals surface area contributed by atoms with E-state index < -0.39 is 11.8 Å². The molecule has 0 aliphatic carbocycles. The molecule has 2 amide bonds. The van der Waals surface area contributed by atoms with Gasteiger partial charge in [0.15, 0.2) is 0 Å². The summed E-state index contributed by atoms with van der Waals surface area (Å²) in [5.74, 6) is -0.984. The molecular weight excluding hydrogens is 398 g/mol. The molecule has 1 fully saturated rings. The molecule has 0 bridgehead atoms. The first-order chi connectivity index (χ1) is 12.6. The third-order valence-corrected chi connectivity index (χ3v) is 4.88. The number of carbonyl (C=O) groups is 2. The predicted octanol–water partition coefficient (Wildman–Crippen LogP) is 2.44. The summed E-state index contributed by atoms with van der Waals surface area (Å²) in [7, 11) is 1.59. The van der Waals surface area contributed by atoms with Crippen molar-refractivity contribution in [3.63, 3.8) is 0 Å². The van der Waals surface area contributed by atoms with Gasteiger partial charge in [0.05, 0.1) is 17.8 Å². The van der Waals surface area contributed by atoms with E-state index in [1.165, 1.54) is 6.21 Å². The number of halogens is 1. The molecule has 26 heavy (non-hydrogen) atoms. The second kappa shape index (κ2) is 8.14. The van der Waals surface area contributed by atoms with Gasteiger partial charge in [-0.1, -0.05) is 30.3 Å². The molecule has 6 nitrogen and oxygen atoms in total. The van der Waals surface area contributed by atoms with Gasteiger partial charge in [-0.3, -0.25) is 9.59 Å². The number of nitrogens with zero attached hydrogens (tertiary/aromatic N) is 1. The monoisotopic (exact) mass is 415 g/mol. The summed E-state index contributed by atoms with van der Waals surface area (Å²) in [4.78, 5) is 24.6. The highest BCUT2D eigenvalue weighted by Crippen LogP contribution is 2.29. The Morgan fingerprint density at radius 2 is 2.08 bits per heavy atom. The Bertz CT molecular complexity index is 839. The van der Waals surface area contributed by atoms with Crippen LogP contribution >= 0.6 is 15.9 Å². The van der Waals surface area contributed by atoms with Gasteiger partial charge < -0.3 is 10.1 Å². The summed E-state index contributed by atoms with van der Waals surface area (Å²) in [6, 6.07) is 15.0. The van der Waals surface area contributed by atoms with Crippen LogP contribution in [-0.2, 0) is 9.59 Å². The molecular formula is C19H18BrN3O3. The molecule has 134 valence electrons. The molecule has 1 saturated heterocycles. The Hall–Kier alpha value is -2.67. The summed E-state index contributed by atoms with van der Waals surface area (Å²) in [5, 5.41) is 6.73. The van der Waals surface area contributed by atoms with Crippen molar-refractivity contribution in [2.24, 2.45) is 11.0 Å². The highest BCUT2D eigenvalue weighted by Gasteiger charge is 2.40. The van der Waals surface area contributed by atoms with Gasteiger partial charge in [0.25, 0.3) is 5.91 Å². The zero-order valence-corrected chi connectivity index (χ0v) is 15.7. The van der Waals surface area contributed by atoms with Crippen LogP contribution < -0.4 is 15.5 Å². The number of carbonyl (C=O) groups excluding carboxylic acids is 2. The lowest BCUT2D eigenvalue weighted by Gasteiger charge is -2.15. The van der Waals surface area contributed by atoms with E-state index in [2.05, 4.69) is 31.8 Å². The average Bonchev–Trinajstić information content (AvgIpc) is 3.04. The normalized spacial score (nSPS) is 19.4. The van der Waals surface area contributed by atoms with E-state index in [9.17, 15) is 9.59 Å². The number of amides is 2. The lowest BCUT2D eigenvalue weighted by Crippen LogP contribution is -2.34. The maximum Gasteiger partial charge on any atom is 0.253 e. The SMILES string of the molecule is COc1ccc(/C=N/NC(=O)C2C(=O)NCC2c2ccccc2)cc1Br. The van der Waals surface area contributed by atoms with E-state index in [1.54, 1.807) is 13.2 Å². The Labute approximate surface area is 159 Å². The molecule has 2 atom stereocenters. The van der Waals surface area contributed by atoms with Crippen molar-refractivity contribution in [1.82, 2.24) is 10.7 Å².